The van der Waals surface area contributed by atoms with E-state index in [1.54, 1.807) is 31.2 Å². The third-order valence-electron chi connectivity index (χ3n) is 4.28. The Labute approximate surface area is 167 Å². The van der Waals surface area contributed by atoms with Gasteiger partial charge in [-0.3, -0.25) is 9.69 Å². The zero-order chi connectivity index (χ0) is 19.7. The molecule has 0 aromatic heterocycles. The standard InChI is InChI=1S/C21H17Cl2NO3/c1-12-4-6-14(7-5-12)8-18-19(21(26)27-3)13(2)24(20(18)25)17-10-15(22)9-16(23)11-17/h4-11H,1-3H3/b18-8-. The fraction of sp³-hybridized carbons (Fsp3) is 0.143. The molecule has 1 aliphatic rings. The smallest absolute Gasteiger partial charge is 0.340 e. The number of methoxy groups -OCH3 is 1. The van der Waals surface area contributed by atoms with Crippen LogP contribution in [0.2, 0.25) is 10.0 Å². The number of allylic oxidation sites excluding steroid dienone is 1. The molecular weight excluding hydrogens is 385 g/mol. The lowest BCUT2D eigenvalue weighted by atomic mass is 10.0. The van der Waals surface area contributed by atoms with Crippen LogP contribution in [0.4, 0.5) is 5.69 Å². The second-order valence-electron chi connectivity index (χ2n) is 6.19. The Kier molecular flexibility index (Phi) is 5.40. The van der Waals surface area contributed by atoms with Gasteiger partial charge < -0.3 is 4.74 Å². The minimum Gasteiger partial charge on any atom is -0.465 e. The van der Waals surface area contributed by atoms with Crippen LogP contribution in [0, 0.1) is 6.92 Å². The fourth-order valence-electron chi connectivity index (χ4n) is 2.99. The summed E-state index contributed by atoms with van der Waals surface area (Å²) in [6.07, 6.45) is 1.68. The van der Waals surface area contributed by atoms with Crippen molar-refractivity contribution in [3.63, 3.8) is 0 Å². The maximum Gasteiger partial charge on any atom is 0.340 e. The minimum atomic E-state index is -0.574. The zero-order valence-electron chi connectivity index (χ0n) is 15.0. The molecular formula is C21H17Cl2NO3. The van der Waals surface area contributed by atoms with Gasteiger partial charge in [0.1, 0.15) is 0 Å². The van der Waals surface area contributed by atoms with Crippen LogP contribution < -0.4 is 4.90 Å². The summed E-state index contributed by atoms with van der Waals surface area (Å²) >= 11 is 12.2. The molecule has 2 aromatic carbocycles. The van der Waals surface area contributed by atoms with Gasteiger partial charge in [-0.2, -0.15) is 0 Å². The normalized spacial score (nSPS) is 15.7. The van der Waals surface area contributed by atoms with Crippen LogP contribution in [-0.4, -0.2) is 19.0 Å². The number of carbonyl (C=O) groups is 2. The highest BCUT2D eigenvalue weighted by Gasteiger charge is 2.38. The Morgan fingerprint density at radius 1 is 1.04 bits per heavy atom. The lowest BCUT2D eigenvalue weighted by molar-refractivity contribution is -0.136. The number of anilines is 1. The lowest BCUT2D eigenvalue weighted by Gasteiger charge is -2.18. The summed E-state index contributed by atoms with van der Waals surface area (Å²) in [4.78, 5) is 27.0. The Bertz CT molecular complexity index is 971. The van der Waals surface area contributed by atoms with E-state index in [1.807, 2.05) is 31.2 Å². The maximum absolute atomic E-state index is 13.2. The Balaban J connectivity index is 2.15. The molecule has 1 heterocycles. The van der Waals surface area contributed by atoms with E-state index >= 15 is 0 Å². The maximum atomic E-state index is 13.2. The average Bonchev–Trinajstić information content (AvgIpc) is 2.85. The number of halogens is 2. The van der Waals surface area contributed by atoms with E-state index in [0.717, 1.165) is 11.1 Å². The number of hydrogen-bond donors (Lipinski definition) is 0. The quantitative estimate of drug-likeness (QED) is 0.525. The topological polar surface area (TPSA) is 46.6 Å². The van der Waals surface area contributed by atoms with E-state index in [0.29, 0.717) is 21.4 Å². The van der Waals surface area contributed by atoms with E-state index in [2.05, 4.69) is 0 Å². The van der Waals surface area contributed by atoms with Crippen molar-refractivity contribution in [2.24, 2.45) is 0 Å². The monoisotopic (exact) mass is 401 g/mol. The molecule has 0 bridgehead atoms. The van der Waals surface area contributed by atoms with Crippen molar-refractivity contribution in [1.29, 1.82) is 0 Å². The van der Waals surface area contributed by atoms with Crippen molar-refractivity contribution >= 4 is 46.8 Å². The Hall–Kier alpha value is -2.56. The molecule has 6 heteroatoms. The van der Waals surface area contributed by atoms with Gasteiger partial charge in [-0.25, -0.2) is 4.79 Å². The highest BCUT2D eigenvalue weighted by molar-refractivity contribution is 6.35. The average molecular weight is 402 g/mol. The first-order chi connectivity index (χ1) is 12.8. The number of benzene rings is 2. The third-order valence-corrected chi connectivity index (χ3v) is 4.72. The van der Waals surface area contributed by atoms with Crippen LogP contribution in [0.25, 0.3) is 6.08 Å². The molecule has 0 fully saturated rings. The van der Waals surface area contributed by atoms with Crippen LogP contribution in [0.15, 0.2) is 59.3 Å². The molecule has 0 unspecified atom stereocenters. The minimum absolute atomic E-state index is 0.221. The number of rotatable bonds is 3. The highest BCUT2D eigenvalue weighted by atomic mass is 35.5. The first kappa shape index (κ1) is 19.2. The van der Waals surface area contributed by atoms with E-state index in [-0.39, 0.29) is 17.1 Å². The van der Waals surface area contributed by atoms with E-state index in [1.165, 1.54) is 12.0 Å². The van der Waals surface area contributed by atoms with Crippen molar-refractivity contribution in [2.45, 2.75) is 13.8 Å². The Morgan fingerprint density at radius 2 is 1.63 bits per heavy atom. The predicted octanol–water partition coefficient (Wildman–Crippen LogP) is 5.18. The molecule has 27 heavy (non-hydrogen) atoms. The molecule has 0 atom stereocenters. The van der Waals surface area contributed by atoms with Gasteiger partial charge in [0.2, 0.25) is 0 Å². The van der Waals surface area contributed by atoms with Crippen LogP contribution >= 0.6 is 23.2 Å². The van der Waals surface area contributed by atoms with Gasteiger partial charge in [-0.05, 0) is 43.7 Å². The molecule has 4 nitrogen and oxygen atoms in total. The summed E-state index contributed by atoms with van der Waals surface area (Å²) in [6, 6.07) is 12.5. The summed E-state index contributed by atoms with van der Waals surface area (Å²) in [7, 11) is 1.29. The van der Waals surface area contributed by atoms with E-state index < -0.39 is 5.97 Å². The number of carbonyl (C=O) groups excluding carboxylic acids is 2. The third kappa shape index (κ3) is 3.77. The molecule has 2 aromatic rings. The number of amides is 1. The summed E-state index contributed by atoms with van der Waals surface area (Å²) in [5.74, 6) is -0.915. The second-order valence-corrected chi connectivity index (χ2v) is 7.06. The van der Waals surface area contributed by atoms with Crippen molar-refractivity contribution in [2.75, 3.05) is 12.0 Å². The van der Waals surface area contributed by atoms with Crippen molar-refractivity contribution in [3.8, 4) is 0 Å². The van der Waals surface area contributed by atoms with Gasteiger partial charge in [-0.1, -0.05) is 53.0 Å². The first-order valence-corrected chi connectivity index (χ1v) is 8.96. The van der Waals surface area contributed by atoms with Gasteiger partial charge in [-0.15, -0.1) is 0 Å². The number of nitrogens with zero attached hydrogens (tertiary/aromatic N) is 1. The molecule has 3 rings (SSSR count). The van der Waals surface area contributed by atoms with Crippen molar-refractivity contribution in [3.05, 3.63) is 80.5 Å². The van der Waals surface area contributed by atoms with Gasteiger partial charge in [0.15, 0.2) is 0 Å². The number of esters is 1. The first-order valence-electron chi connectivity index (χ1n) is 8.20. The number of aryl methyl sites for hydroxylation is 1. The largest absolute Gasteiger partial charge is 0.465 e. The summed E-state index contributed by atoms with van der Waals surface area (Å²) < 4.78 is 4.90. The number of ether oxygens (including phenoxy) is 1. The SMILES string of the molecule is COC(=O)C1=C(C)N(c2cc(Cl)cc(Cl)c2)C(=O)/C1=C\c1ccc(C)cc1. The van der Waals surface area contributed by atoms with Gasteiger partial charge >= 0.3 is 5.97 Å². The summed E-state index contributed by atoms with van der Waals surface area (Å²) in [6.45, 7) is 3.67. The van der Waals surface area contributed by atoms with Crippen molar-refractivity contribution in [1.82, 2.24) is 0 Å². The lowest BCUT2D eigenvalue weighted by Crippen LogP contribution is -2.24. The molecule has 138 valence electrons. The zero-order valence-corrected chi connectivity index (χ0v) is 16.6. The molecule has 1 aliphatic heterocycles. The fourth-order valence-corrected chi connectivity index (χ4v) is 3.50. The highest BCUT2D eigenvalue weighted by Crippen LogP contribution is 2.37. The molecule has 0 N–H and O–H groups in total. The summed E-state index contributed by atoms with van der Waals surface area (Å²) in [5, 5.41) is 0.794. The molecule has 0 radical (unpaired) electrons. The van der Waals surface area contributed by atoms with Crippen LogP contribution in [0.1, 0.15) is 18.1 Å². The van der Waals surface area contributed by atoms with Crippen LogP contribution in [0.3, 0.4) is 0 Å². The van der Waals surface area contributed by atoms with E-state index in [4.69, 9.17) is 27.9 Å². The predicted molar refractivity (Wildman–Crippen MR) is 108 cm³/mol. The van der Waals surface area contributed by atoms with Gasteiger partial charge in [0, 0.05) is 15.7 Å². The molecule has 0 aliphatic carbocycles. The molecule has 0 saturated heterocycles. The summed E-state index contributed by atoms with van der Waals surface area (Å²) in [5.41, 5.74) is 3.35. The van der Waals surface area contributed by atoms with Gasteiger partial charge in [0.25, 0.3) is 5.91 Å². The van der Waals surface area contributed by atoms with E-state index in [9.17, 15) is 9.59 Å². The Morgan fingerprint density at radius 3 is 2.19 bits per heavy atom. The number of hydrogen-bond acceptors (Lipinski definition) is 3. The van der Waals surface area contributed by atoms with Crippen molar-refractivity contribution < 1.29 is 14.3 Å². The molecule has 0 saturated carbocycles. The van der Waals surface area contributed by atoms with Gasteiger partial charge in [0.05, 0.1) is 23.9 Å². The van der Waals surface area contributed by atoms with Crippen LogP contribution in [-0.2, 0) is 14.3 Å². The van der Waals surface area contributed by atoms with Crippen LogP contribution in [0.5, 0.6) is 0 Å². The molecule has 1 amide bonds. The molecule has 0 spiro atoms. The second kappa shape index (κ2) is 7.59.